The smallest absolute Gasteiger partial charge is 0.231 e. The SMILES string of the molecule is COc1cc2c(c(OC)c1OC)C(=O)C(Cc1ccc3c(c1)OCO3)CO2. The molecule has 0 aromatic heterocycles. The zero-order chi connectivity index (χ0) is 19.0. The van der Waals surface area contributed by atoms with Crippen LogP contribution >= 0.6 is 0 Å². The fraction of sp³-hybridized carbons (Fsp3) is 0.350. The molecular formula is C20H20O7. The van der Waals surface area contributed by atoms with Crippen LogP contribution in [0.4, 0.5) is 0 Å². The Bertz CT molecular complexity index is 890. The monoisotopic (exact) mass is 372 g/mol. The van der Waals surface area contributed by atoms with E-state index in [1.165, 1.54) is 21.3 Å². The molecule has 0 amide bonds. The van der Waals surface area contributed by atoms with E-state index in [1.54, 1.807) is 6.07 Å². The number of fused-ring (bicyclic) bond motifs is 2. The first-order chi connectivity index (χ1) is 13.2. The van der Waals surface area contributed by atoms with Crippen LogP contribution in [0.1, 0.15) is 15.9 Å². The number of Topliss-reactive ketones (excluding diaryl/α,β-unsaturated/α-hetero) is 1. The van der Waals surface area contributed by atoms with Gasteiger partial charge in [-0.15, -0.1) is 0 Å². The first kappa shape index (κ1) is 17.3. The molecule has 142 valence electrons. The van der Waals surface area contributed by atoms with Crippen molar-refractivity contribution in [2.45, 2.75) is 6.42 Å². The number of carbonyl (C=O) groups excluding carboxylic acids is 1. The lowest BCUT2D eigenvalue weighted by atomic mass is 9.88. The molecule has 0 spiro atoms. The first-order valence-corrected chi connectivity index (χ1v) is 8.54. The van der Waals surface area contributed by atoms with Gasteiger partial charge >= 0.3 is 0 Å². The number of carbonyl (C=O) groups is 1. The summed E-state index contributed by atoms with van der Waals surface area (Å²) in [6, 6.07) is 7.35. The fourth-order valence-electron chi connectivity index (χ4n) is 3.46. The number of methoxy groups -OCH3 is 3. The quantitative estimate of drug-likeness (QED) is 0.799. The summed E-state index contributed by atoms with van der Waals surface area (Å²) in [5.41, 5.74) is 1.36. The lowest BCUT2D eigenvalue weighted by Crippen LogP contribution is -2.30. The normalized spacial score (nSPS) is 17.1. The molecule has 0 saturated heterocycles. The Morgan fingerprint density at radius 3 is 2.44 bits per heavy atom. The van der Waals surface area contributed by atoms with Gasteiger partial charge in [0.15, 0.2) is 28.8 Å². The first-order valence-electron chi connectivity index (χ1n) is 8.54. The Morgan fingerprint density at radius 1 is 0.926 bits per heavy atom. The van der Waals surface area contributed by atoms with Crippen LogP contribution in [0.25, 0.3) is 0 Å². The molecule has 0 saturated carbocycles. The molecule has 7 heteroatoms. The fourth-order valence-corrected chi connectivity index (χ4v) is 3.46. The van der Waals surface area contributed by atoms with E-state index < -0.39 is 0 Å². The molecule has 27 heavy (non-hydrogen) atoms. The Labute approximate surface area is 156 Å². The van der Waals surface area contributed by atoms with E-state index in [9.17, 15) is 4.79 Å². The largest absolute Gasteiger partial charge is 0.493 e. The predicted molar refractivity (Wildman–Crippen MR) is 95.7 cm³/mol. The molecular weight excluding hydrogens is 352 g/mol. The van der Waals surface area contributed by atoms with E-state index in [0.29, 0.717) is 46.5 Å². The molecule has 0 fully saturated rings. The van der Waals surface area contributed by atoms with E-state index in [2.05, 4.69) is 0 Å². The summed E-state index contributed by atoms with van der Waals surface area (Å²) in [4.78, 5) is 13.2. The third kappa shape index (κ3) is 2.89. The Hall–Kier alpha value is -3.09. The van der Waals surface area contributed by atoms with Crippen LogP contribution in [0.15, 0.2) is 24.3 Å². The van der Waals surface area contributed by atoms with Crippen LogP contribution in [0.5, 0.6) is 34.5 Å². The molecule has 0 bridgehead atoms. The maximum absolute atomic E-state index is 13.2. The van der Waals surface area contributed by atoms with Crippen molar-refractivity contribution >= 4 is 5.78 Å². The van der Waals surface area contributed by atoms with Gasteiger partial charge in [-0.05, 0) is 24.1 Å². The van der Waals surface area contributed by atoms with Gasteiger partial charge in [0.2, 0.25) is 12.5 Å². The van der Waals surface area contributed by atoms with Crippen LogP contribution in [-0.4, -0.2) is 40.5 Å². The van der Waals surface area contributed by atoms with Gasteiger partial charge in [0, 0.05) is 6.07 Å². The third-order valence-electron chi connectivity index (χ3n) is 4.77. The van der Waals surface area contributed by atoms with Crippen molar-refractivity contribution < 1.29 is 33.2 Å². The zero-order valence-corrected chi connectivity index (χ0v) is 15.4. The summed E-state index contributed by atoms with van der Waals surface area (Å²) in [6.45, 7) is 0.495. The number of hydrogen-bond donors (Lipinski definition) is 0. The van der Waals surface area contributed by atoms with Gasteiger partial charge < -0.3 is 28.4 Å². The molecule has 1 unspecified atom stereocenters. The minimum atomic E-state index is -0.343. The van der Waals surface area contributed by atoms with E-state index in [0.717, 1.165) is 5.56 Å². The van der Waals surface area contributed by atoms with Gasteiger partial charge in [-0.25, -0.2) is 0 Å². The Morgan fingerprint density at radius 2 is 1.70 bits per heavy atom. The average molecular weight is 372 g/mol. The molecule has 2 aromatic rings. The lowest BCUT2D eigenvalue weighted by Gasteiger charge is -2.27. The van der Waals surface area contributed by atoms with Crippen molar-refractivity contribution in [1.82, 2.24) is 0 Å². The Kier molecular flexibility index (Phi) is 4.43. The highest BCUT2D eigenvalue weighted by Gasteiger charge is 2.35. The van der Waals surface area contributed by atoms with E-state index in [1.807, 2.05) is 18.2 Å². The molecule has 2 heterocycles. The molecule has 7 nitrogen and oxygen atoms in total. The molecule has 2 aliphatic rings. The molecule has 2 aliphatic heterocycles. The lowest BCUT2D eigenvalue weighted by molar-refractivity contribution is 0.0823. The standard InChI is InChI=1S/C20H20O7/c1-22-16-8-15-17(20(24-3)19(16)23-2)18(21)12(9-25-15)6-11-4-5-13-14(7-11)27-10-26-13/h4-5,7-8,12H,6,9-10H2,1-3H3. The predicted octanol–water partition coefficient (Wildman–Crippen LogP) is 2.88. The Balaban J connectivity index is 1.66. The number of rotatable bonds is 5. The third-order valence-corrected chi connectivity index (χ3v) is 4.77. The van der Waals surface area contributed by atoms with Crippen molar-refractivity contribution in [3.63, 3.8) is 0 Å². The minimum absolute atomic E-state index is 0.0493. The molecule has 4 rings (SSSR count). The summed E-state index contributed by atoms with van der Waals surface area (Å²) in [7, 11) is 4.52. The van der Waals surface area contributed by atoms with Gasteiger partial charge in [0.1, 0.15) is 11.3 Å². The van der Waals surface area contributed by atoms with Crippen molar-refractivity contribution in [2.24, 2.45) is 5.92 Å². The van der Waals surface area contributed by atoms with E-state index in [4.69, 9.17) is 28.4 Å². The van der Waals surface area contributed by atoms with Crippen molar-refractivity contribution in [3.8, 4) is 34.5 Å². The van der Waals surface area contributed by atoms with Crippen LogP contribution in [0, 0.1) is 5.92 Å². The van der Waals surface area contributed by atoms with Crippen LogP contribution in [-0.2, 0) is 6.42 Å². The molecule has 1 atom stereocenters. The van der Waals surface area contributed by atoms with Gasteiger partial charge in [0.25, 0.3) is 0 Å². The molecule has 2 aromatic carbocycles. The summed E-state index contributed by atoms with van der Waals surface area (Å²) >= 11 is 0. The summed E-state index contributed by atoms with van der Waals surface area (Å²) in [5.74, 6) is 2.62. The highest BCUT2D eigenvalue weighted by Crippen LogP contribution is 2.47. The van der Waals surface area contributed by atoms with Crippen LogP contribution in [0.3, 0.4) is 0 Å². The number of ketones is 1. The number of benzene rings is 2. The van der Waals surface area contributed by atoms with Crippen molar-refractivity contribution in [3.05, 3.63) is 35.4 Å². The van der Waals surface area contributed by atoms with Crippen LogP contribution < -0.4 is 28.4 Å². The van der Waals surface area contributed by atoms with Gasteiger partial charge in [-0.3, -0.25) is 4.79 Å². The molecule has 0 radical (unpaired) electrons. The van der Waals surface area contributed by atoms with Crippen molar-refractivity contribution in [1.29, 1.82) is 0 Å². The highest BCUT2D eigenvalue weighted by molar-refractivity contribution is 6.05. The minimum Gasteiger partial charge on any atom is -0.493 e. The summed E-state index contributed by atoms with van der Waals surface area (Å²) < 4.78 is 32.8. The molecule has 0 N–H and O–H groups in total. The maximum atomic E-state index is 13.2. The number of ether oxygens (including phenoxy) is 6. The van der Waals surface area contributed by atoms with Crippen LogP contribution in [0.2, 0.25) is 0 Å². The van der Waals surface area contributed by atoms with Gasteiger partial charge in [0.05, 0.1) is 33.9 Å². The van der Waals surface area contributed by atoms with Gasteiger partial charge in [-0.2, -0.15) is 0 Å². The summed E-state index contributed by atoms with van der Waals surface area (Å²) in [5, 5.41) is 0. The van der Waals surface area contributed by atoms with Gasteiger partial charge in [-0.1, -0.05) is 6.07 Å². The second-order valence-electron chi connectivity index (χ2n) is 6.28. The highest BCUT2D eigenvalue weighted by atomic mass is 16.7. The second kappa shape index (κ2) is 6.90. The zero-order valence-electron chi connectivity index (χ0n) is 15.4. The van der Waals surface area contributed by atoms with E-state index in [-0.39, 0.29) is 25.1 Å². The average Bonchev–Trinajstić information content (AvgIpc) is 3.16. The number of hydrogen-bond acceptors (Lipinski definition) is 7. The second-order valence-corrected chi connectivity index (χ2v) is 6.28. The van der Waals surface area contributed by atoms with Crippen molar-refractivity contribution in [2.75, 3.05) is 34.7 Å². The molecule has 0 aliphatic carbocycles. The summed E-state index contributed by atoms with van der Waals surface area (Å²) in [6.07, 6.45) is 0.520. The van der Waals surface area contributed by atoms with E-state index >= 15 is 0 Å². The maximum Gasteiger partial charge on any atom is 0.231 e. The topological polar surface area (TPSA) is 72.5 Å².